The van der Waals surface area contributed by atoms with Gasteiger partial charge in [0.15, 0.2) is 5.54 Å². The topological polar surface area (TPSA) is 141 Å². The van der Waals surface area contributed by atoms with Gasteiger partial charge in [-0.15, -0.1) is 35.3 Å². The summed E-state index contributed by atoms with van der Waals surface area (Å²) in [5.41, 5.74) is 5.11. The van der Waals surface area contributed by atoms with E-state index >= 15 is 0 Å². The average molecular weight is 497 g/mol. The number of carboxylic acids is 1. The van der Waals surface area contributed by atoms with Crippen LogP contribution in [-0.2, 0) is 4.79 Å². The van der Waals surface area contributed by atoms with Gasteiger partial charge in [-0.05, 0) is 19.1 Å². The number of rotatable bonds is 6. The third-order valence-corrected chi connectivity index (χ3v) is 10.1. The number of thioether (sulfide) groups is 3. The summed E-state index contributed by atoms with van der Waals surface area (Å²) < 4.78 is 0. The van der Waals surface area contributed by atoms with Gasteiger partial charge in [0.2, 0.25) is 0 Å². The van der Waals surface area contributed by atoms with E-state index in [2.05, 4.69) is 10.3 Å². The first-order valence-electron chi connectivity index (χ1n) is 10.3. The van der Waals surface area contributed by atoms with Crippen LogP contribution in [0, 0.1) is 5.41 Å². The van der Waals surface area contributed by atoms with Gasteiger partial charge >= 0.3 is 5.97 Å². The first-order chi connectivity index (χ1) is 15.0. The number of nitrogen functional groups attached to an aromatic ring is 1. The average Bonchev–Trinajstić information content (AvgIpc) is 3.47. The largest absolute Gasteiger partial charge is 0.507 e. The molecule has 1 fully saturated rings. The lowest BCUT2D eigenvalue weighted by Crippen LogP contribution is -2.51. The summed E-state index contributed by atoms with van der Waals surface area (Å²) in [6, 6.07) is 4.93. The molecule has 0 aliphatic carbocycles. The summed E-state index contributed by atoms with van der Waals surface area (Å²) in [6.45, 7) is 5.45. The number of aliphatic hydroxyl groups excluding tert-OH is 1. The van der Waals surface area contributed by atoms with Crippen molar-refractivity contribution in [1.29, 1.82) is 0 Å². The molecule has 0 bridgehead atoms. The Kier molecular flexibility index (Phi) is 6.49. The summed E-state index contributed by atoms with van der Waals surface area (Å²) in [4.78, 5) is 20.8. The number of phenolic OH excluding ortho intramolecular Hbond substituents is 1. The Balaban J connectivity index is 1.43. The molecule has 0 saturated carbocycles. The molecule has 3 heterocycles. The van der Waals surface area contributed by atoms with Gasteiger partial charge in [-0.2, -0.15) is 0 Å². The lowest BCUT2D eigenvalue weighted by atomic mass is 9.83. The Labute approximate surface area is 199 Å². The molecule has 5 atom stereocenters. The monoisotopic (exact) mass is 496 g/mol. The highest BCUT2D eigenvalue weighted by Crippen LogP contribution is 2.41. The smallest absolute Gasteiger partial charge is 0.332 e. The number of aliphatic hydroxyl groups is 1. The summed E-state index contributed by atoms with van der Waals surface area (Å²) >= 11 is 4.75. The van der Waals surface area contributed by atoms with E-state index in [0.29, 0.717) is 22.0 Å². The van der Waals surface area contributed by atoms with E-state index in [4.69, 9.17) is 10.7 Å². The molecule has 1 saturated heterocycles. The van der Waals surface area contributed by atoms with Gasteiger partial charge in [0.1, 0.15) is 10.8 Å². The second kappa shape index (κ2) is 8.75. The highest BCUT2D eigenvalue weighted by Gasteiger charge is 2.48. The molecule has 174 valence electrons. The minimum atomic E-state index is -1.14. The van der Waals surface area contributed by atoms with Gasteiger partial charge in [-0.1, -0.05) is 13.8 Å². The fourth-order valence-corrected chi connectivity index (χ4v) is 7.87. The summed E-state index contributed by atoms with van der Waals surface area (Å²) in [6.07, 6.45) is -0.721. The number of phenols is 1. The Morgan fingerprint density at radius 2 is 2.09 bits per heavy atom. The maximum atomic E-state index is 11.5. The number of aliphatic imine (C=N–C) groups is 2. The molecule has 11 heteroatoms. The molecule has 3 aliphatic rings. The van der Waals surface area contributed by atoms with E-state index in [0.717, 1.165) is 16.5 Å². The number of nitrogens with one attached hydrogen (secondary N) is 1. The maximum Gasteiger partial charge on any atom is 0.332 e. The van der Waals surface area contributed by atoms with Crippen molar-refractivity contribution in [2.75, 3.05) is 23.0 Å². The van der Waals surface area contributed by atoms with Crippen LogP contribution < -0.4 is 11.1 Å². The quantitative estimate of drug-likeness (QED) is 0.375. The molecule has 8 nitrogen and oxygen atoms in total. The van der Waals surface area contributed by atoms with Crippen molar-refractivity contribution in [3.63, 3.8) is 0 Å². The number of hydrogen-bond donors (Lipinski definition) is 5. The number of anilines is 1. The predicted octanol–water partition coefficient (Wildman–Crippen LogP) is 2.24. The lowest BCUT2D eigenvalue weighted by molar-refractivity contribution is -0.141. The van der Waals surface area contributed by atoms with E-state index in [1.165, 1.54) is 17.8 Å². The number of nitrogens with two attached hydrogens (primary N) is 1. The minimum absolute atomic E-state index is 0.0192. The molecule has 1 aromatic carbocycles. The van der Waals surface area contributed by atoms with Gasteiger partial charge < -0.3 is 21.1 Å². The van der Waals surface area contributed by atoms with Crippen LogP contribution in [0.2, 0.25) is 0 Å². The van der Waals surface area contributed by atoms with Crippen LogP contribution in [0.25, 0.3) is 0 Å². The van der Waals surface area contributed by atoms with Crippen LogP contribution >= 0.6 is 35.3 Å². The predicted molar refractivity (Wildman–Crippen MR) is 134 cm³/mol. The minimum Gasteiger partial charge on any atom is -0.507 e. The van der Waals surface area contributed by atoms with E-state index in [1.54, 1.807) is 42.6 Å². The van der Waals surface area contributed by atoms with Gasteiger partial charge in [0.25, 0.3) is 0 Å². The van der Waals surface area contributed by atoms with Gasteiger partial charge in [-0.25, -0.2) is 4.79 Å². The second-order valence-corrected chi connectivity index (χ2v) is 12.2. The molecular weight excluding hydrogens is 468 g/mol. The van der Waals surface area contributed by atoms with E-state index < -0.39 is 23.0 Å². The fourth-order valence-electron chi connectivity index (χ4n) is 3.91. The number of carboxylic acid groups (broad SMARTS) is 1. The van der Waals surface area contributed by atoms with Crippen molar-refractivity contribution >= 4 is 57.0 Å². The molecule has 0 spiro atoms. The molecule has 0 radical (unpaired) electrons. The van der Waals surface area contributed by atoms with Crippen LogP contribution in [0.5, 0.6) is 5.75 Å². The number of benzene rings is 1. The fraction of sp³-hybridized carbons (Fsp3) is 0.571. The van der Waals surface area contributed by atoms with Crippen molar-refractivity contribution in [2.45, 2.75) is 49.9 Å². The number of aromatic hydroxyl groups is 1. The van der Waals surface area contributed by atoms with E-state index in [-0.39, 0.29) is 23.2 Å². The second-order valence-electron chi connectivity index (χ2n) is 9.07. The molecular formula is C21H28N4O4S3. The lowest BCUT2D eigenvalue weighted by Gasteiger charge is -2.34. The molecule has 0 aromatic heterocycles. The molecule has 1 aromatic rings. The highest BCUT2D eigenvalue weighted by atomic mass is 32.2. The normalized spacial score (nSPS) is 31.4. The van der Waals surface area contributed by atoms with Crippen LogP contribution in [0.3, 0.4) is 0 Å². The van der Waals surface area contributed by atoms with Crippen molar-refractivity contribution in [3.8, 4) is 5.75 Å². The molecule has 3 aliphatic heterocycles. The number of nitrogens with zero attached hydrogens (tertiary/aromatic N) is 2. The molecule has 0 amide bonds. The zero-order valence-electron chi connectivity index (χ0n) is 18.1. The Morgan fingerprint density at radius 3 is 2.75 bits per heavy atom. The molecule has 2 unspecified atom stereocenters. The maximum absolute atomic E-state index is 11.5. The SMILES string of the molecule is CC(C)(C1=N[C@@](C)(C(=O)O)CS1)[C@H](O)C1CSC([C@H]2CSC(c3ccc(N)cc3O)=N2)N1. The number of aliphatic carboxylic acids is 1. The van der Waals surface area contributed by atoms with E-state index in [1.807, 2.05) is 13.8 Å². The first kappa shape index (κ1) is 23.7. The Bertz CT molecular complexity index is 986. The summed E-state index contributed by atoms with van der Waals surface area (Å²) in [5.74, 6) is 1.07. The van der Waals surface area contributed by atoms with Gasteiger partial charge in [-0.3, -0.25) is 15.3 Å². The van der Waals surface area contributed by atoms with Crippen LogP contribution in [0.4, 0.5) is 5.69 Å². The molecule has 6 N–H and O–H groups in total. The highest BCUT2D eigenvalue weighted by molar-refractivity contribution is 8.15. The van der Waals surface area contributed by atoms with Crippen LogP contribution in [-0.4, -0.2) is 77.7 Å². The van der Waals surface area contributed by atoms with Crippen molar-refractivity contribution in [2.24, 2.45) is 15.4 Å². The Morgan fingerprint density at radius 1 is 1.34 bits per heavy atom. The van der Waals surface area contributed by atoms with Crippen LogP contribution in [0.15, 0.2) is 28.2 Å². The van der Waals surface area contributed by atoms with Crippen LogP contribution in [0.1, 0.15) is 26.3 Å². The third-order valence-electron chi connectivity index (χ3n) is 6.08. The number of carbonyl (C=O) groups is 1. The number of hydrogen-bond acceptors (Lipinski definition) is 10. The molecule has 32 heavy (non-hydrogen) atoms. The van der Waals surface area contributed by atoms with Gasteiger partial charge in [0, 0.05) is 46.0 Å². The van der Waals surface area contributed by atoms with Crippen molar-refractivity contribution in [3.05, 3.63) is 23.8 Å². The first-order valence-corrected chi connectivity index (χ1v) is 13.3. The summed E-state index contributed by atoms with van der Waals surface area (Å²) in [5, 5.41) is 35.9. The zero-order chi connectivity index (χ0) is 23.3. The van der Waals surface area contributed by atoms with Gasteiger partial charge in [0.05, 0.1) is 22.6 Å². The third kappa shape index (κ3) is 4.37. The van der Waals surface area contributed by atoms with Crippen molar-refractivity contribution in [1.82, 2.24) is 5.32 Å². The van der Waals surface area contributed by atoms with Crippen molar-refractivity contribution < 1.29 is 20.1 Å². The standard InChI is InChI=1S/C21H28N4O4S3/c1-20(2,18-25-21(3,9-32-18)19(28)29)15(27)12-7-31-17(23-12)13-8-30-16(24-13)11-5-4-10(22)6-14(11)26/h4-6,12-13,15,17,23,26-27H,7-9,22H2,1-3H3,(H,28,29)/t12?,13-,15-,17?,21-/m1/s1. The summed E-state index contributed by atoms with van der Waals surface area (Å²) in [7, 11) is 0. The van der Waals surface area contributed by atoms with E-state index in [9.17, 15) is 20.1 Å². The Hall–Kier alpha value is -1.40. The zero-order valence-corrected chi connectivity index (χ0v) is 20.6. The molecule has 4 rings (SSSR count).